The van der Waals surface area contributed by atoms with Gasteiger partial charge in [0.2, 0.25) is 0 Å². The Bertz CT molecular complexity index is 1110. The molecule has 1 fully saturated rings. The zero-order chi connectivity index (χ0) is 19.9. The molecule has 6 nitrogen and oxygen atoms in total. The topological polar surface area (TPSA) is 104 Å². The van der Waals surface area contributed by atoms with Gasteiger partial charge in [0, 0.05) is 17.5 Å². The van der Waals surface area contributed by atoms with Crippen molar-refractivity contribution >= 4 is 17.0 Å². The van der Waals surface area contributed by atoms with Crippen molar-refractivity contribution in [3.63, 3.8) is 0 Å². The average Bonchev–Trinajstić information content (AvgIpc) is 2.66. The summed E-state index contributed by atoms with van der Waals surface area (Å²) in [6, 6.07) is 11.8. The van der Waals surface area contributed by atoms with Gasteiger partial charge in [0.1, 0.15) is 16.8 Å². The molecular formula is C22H26N6. The van der Waals surface area contributed by atoms with E-state index < -0.39 is 0 Å². The minimum Gasteiger partial charge on any atom is -0.321 e. The van der Waals surface area contributed by atoms with Crippen LogP contribution in [0.3, 0.4) is 0 Å². The summed E-state index contributed by atoms with van der Waals surface area (Å²) in [5, 5.41) is 16.5. The summed E-state index contributed by atoms with van der Waals surface area (Å²) in [5.74, 6) is 0.373. The van der Waals surface area contributed by atoms with Crippen molar-refractivity contribution in [2.75, 3.05) is 0 Å². The fourth-order valence-electron chi connectivity index (χ4n) is 3.84. The maximum absolute atomic E-state index is 8.31. The molecule has 2 heterocycles. The molecule has 3 aromatic rings. The maximum atomic E-state index is 8.31. The van der Waals surface area contributed by atoms with Crippen LogP contribution in [0, 0.1) is 17.7 Å². The summed E-state index contributed by atoms with van der Waals surface area (Å²) in [7, 11) is 0. The van der Waals surface area contributed by atoms with Gasteiger partial charge >= 0.3 is 0 Å². The van der Waals surface area contributed by atoms with Crippen LogP contribution in [0.5, 0.6) is 0 Å². The first-order valence-corrected chi connectivity index (χ1v) is 9.85. The number of nitrogens with two attached hydrogens (primary N) is 1. The molecule has 0 unspecified atom stereocenters. The lowest BCUT2D eigenvalue weighted by molar-refractivity contribution is 0.253. The highest BCUT2D eigenvalue weighted by Gasteiger charge is 2.34. The van der Waals surface area contributed by atoms with Gasteiger partial charge < -0.3 is 5.73 Å². The first kappa shape index (κ1) is 18.5. The minimum absolute atomic E-state index is 0.168. The number of fused-ring (bicyclic) bond motifs is 1. The lowest BCUT2D eigenvalue weighted by atomic mass is 9.72. The number of benzene rings is 1. The number of aromatic nitrogens is 3. The van der Waals surface area contributed by atoms with Crippen molar-refractivity contribution in [1.29, 1.82) is 10.8 Å². The Morgan fingerprint density at radius 2 is 1.86 bits per heavy atom. The maximum Gasteiger partial charge on any atom is 0.166 e. The van der Waals surface area contributed by atoms with E-state index in [9.17, 15) is 0 Å². The predicted octanol–water partition coefficient (Wildman–Crippen LogP) is 3.85. The zero-order valence-electron chi connectivity index (χ0n) is 16.4. The summed E-state index contributed by atoms with van der Waals surface area (Å²) < 4.78 is 1.58. The quantitative estimate of drug-likeness (QED) is 0.477. The highest BCUT2D eigenvalue weighted by Crippen LogP contribution is 2.39. The van der Waals surface area contributed by atoms with Gasteiger partial charge in [0.25, 0.3) is 0 Å². The Hall–Kier alpha value is -2.86. The monoisotopic (exact) mass is 374 g/mol. The number of rotatable bonds is 4. The molecule has 0 spiro atoms. The van der Waals surface area contributed by atoms with Crippen LogP contribution in [0.25, 0.3) is 22.4 Å². The van der Waals surface area contributed by atoms with E-state index in [4.69, 9.17) is 26.5 Å². The number of nitrogens with one attached hydrogen (secondary N) is 2. The van der Waals surface area contributed by atoms with Crippen LogP contribution in [0.15, 0.2) is 36.4 Å². The van der Waals surface area contributed by atoms with E-state index >= 15 is 0 Å². The summed E-state index contributed by atoms with van der Waals surface area (Å²) in [4.78, 5) is 9.55. The van der Waals surface area contributed by atoms with Crippen molar-refractivity contribution in [1.82, 2.24) is 14.5 Å². The van der Waals surface area contributed by atoms with Gasteiger partial charge in [-0.05, 0) is 50.3 Å². The molecule has 144 valence electrons. The number of pyridine rings is 1. The van der Waals surface area contributed by atoms with E-state index in [1.54, 1.807) is 16.7 Å². The lowest BCUT2D eigenvalue weighted by Crippen LogP contribution is -2.43. The molecule has 1 aliphatic carbocycles. The van der Waals surface area contributed by atoms with Crippen LogP contribution in [0.4, 0.5) is 0 Å². The van der Waals surface area contributed by atoms with E-state index in [1.165, 1.54) is 12.0 Å². The molecule has 0 atom stereocenters. The van der Waals surface area contributed by atoms with Crippen LogP contribution >= 0.6 is 0 Å². The molecule has 28 heavy (non-hydrogen) atoms. The lowest BCUT2D eigenvalue weighted by Gasteiger charge is -2.38. The molecule has 4 rings (SSSR count). The van der Waals surface area contributed by atoms with Crippen LogP contribution in [0.1, 0.15) is 50.3 Å². The molecule has 1 aliphatic rings. The van der Waals surface area contributed by atoms with Crippen LogP contribution < -0.4 is 11.2 Å². The molecule has 4 N–H and O–H groups in total. The van der Waals surface area contributed by atoms with Crippen molar-refractivity contribution in [2.45, 2.75) is 51.5 Å². The second kappa shape index (κ2) is 6.95. The predicted molar refractivity (Wildman–Crippen MR) is 111 cm³/mol. The van der Waals surface area contributed by atoms with Crippen molar-refractivity contribution in [2.24, 2.45) is 5.73 Å². The summed E-state index contributed by atoms with van der Waals surface area (Å²) in [5.41, 5.74) is 11.6. The fourth-order valence-corrected chi connectivity index (χ4v) is 3.84. The summed E-state index contributed by atoms with van der Waals surface area (Å²) >= 11 is 0. The number of nitrogens with zero attached hydrogens (tertiary/aromatic N) is 3. The average molecular weight is 374 g/mol. The highest BCUT2D eigenvalue weighted by molar-refractivity contribution is 5.90. The smallest absolute Gasteiger partial charge is 0.166 e. The van der Waals surface area contributed by atoms with Crippen molar-refractivity contribution < 1.29 is 0 Å². The number of aryl methyl sites for hydroxylation is 1. The molecule has 0 aliphatic heterocycles. The third-order valence-corrected chi connectivity index (χ3v) is 5.67. The first-order chi connectivity index (χ1) is 13.4. The zero-order valence-corrected chi connectivity index (χ0v) is 16.4. The Morgan fingerprint density at radius 3 is 2.46 bits per heavy atom. The van der Waals surface area contributed by atoms with E-state index in [0.29, 0.717) is 23.4 Å². The second-order valence-electron chi connectivity index (χ2n) is 7.70. The summed E-state index contributed by atoms with van der Waals surface area (Å²) in [6.07, 6.45) is 4.72. The second-order valence-corrected chi connectivity index (χ2v) is 7.70. The molecule has 2 aromatic heterocycles. The van der Waals surface area contributed by atoms with E-state index in [-0.39, 0.29) is 11.0 Å². The first-order valence-electron chi connectivity index (χ1n) is 9.85. The van der Waals surface area contributed by atoms with Crippen molar-refractivity contribution in [3.05, 3.63) is 53.1 Å². The van der Waals surface area contributed by atoms with Crippen LogP contribution in [-0.2, 0) is 5.54 Å². The molecule has 1 saturated carbocycles. The fraction of sp³-hybridized carbons (Fsp3) is 0.364. The SMILES string of the molecule is CCCC(=N)n1c(=N)ccc2nc(-c3ccc(C4(N)CCC4)cc3)c(C)nc21. The van der Waals surface area contributed by atoms with Gasteiger partial charge in [-0.15, -0.1) is 0 Å². The van der Waals surface area contributed by atoms with Gasteiger partial charge in [-0.3, -0.25) is 15.4 Å². The molecule has 1 aromatic carbocycles. The molecule has 0 saturated heterocycles. The normalized spacial score (nSPS) is 15.4. The molecule has 0 bridgehead atoms. The third kappa shape index (κ3) is 3.03. The Morgan fingerprint density at radius 1 is 1.14 bits per heavy atom. The van der Waals surface area contributed by atoms with E-state index in [2.05, 4.69) is 24.3 Å². The van der Waals surface area contributed by atoms with Gasteiger partial charge in [-0.2, -0.15) is 0 Å². The largest absolute Gasteiger partial charge is 0.321 e. The van der Waals surface area contributed by atoms with E-state index in [1.807, 2.05) is 13.8 Å². The molecular weight excluding hydrogens is 348 g/mol. The standard InChI is InChI=1S/C22H26N6/c1-3-5-18(23)28-19(24)11-10-17-21(28)26-14(2)20(27-17)15-6-8-16(9-7-15)22(25)12-4-13-22/h6-11,23-24H,3-5,12-13,25H2,1-2H3. The highest BCUT2D eigenvalue weighted by atomic mass is 15.1. The van der Waals surface area contributed by atoms with Gasteiger partial charge in [0.15, 0.2) is 5.65 Å². The van der Waals surface area contributed by atoms with Gasteiger partial charge in [-0.1, -0.05) is 31.2 Å². The summed E-state index contributed by atoms with van der Waals surface area (Å²) in [6.45, 7) is 3.95. The van der Waals surface area contributed by atoms with Crippen LogP contribution in [0.2, 0.25) is 0 Å². The molecule has 0 radical (unpaired) electrons. The Kier molecular flexibility index (Phi) is 4.59. The van der Waals surface area contributed by atoms with Gasteiger partial charge in [-0.25, -0.2) is 9.97 Å². The minimum atomic E-state index is -0.168. The number of hydrogen-bond acceptors (Lipinski definition) is 5. The van der Waals surface area contributed by atoms with E-state index in [0.717, 1.165) is 36.2 Å². The molecule has 0 amide bonds. The van der Waals surface area contributed by atoms with Gasteiger partial charge in [0.05, 0.1) is 11.4 Å². The van der Waals surface area contributed by atoms with Crippen LogP contribution in [-0.4, -0.2) is 20.4 Å². The Balaban J connectivity index is 1.79. The van der Waals surface area contributed by atoms with Crippen molar-refractivity contribution in [3.8, 4) is 11.3 Å². The Labute approximate surface area is 164 Å². The molecule has 6 heteroatoms. The number of hydrogen-bond donors (Lipinski definition) is 3. The third-order valence-electron chi connectivity index (χ3n) is 5.67.